The molecule has 0 amide bonds. The van der Waals surface area contributed by atoms with Gasteiger partial charge in [-0.25, -0.2) is 0 Å². The van der Waals surface area contributed by atoms with Crippen LogP contribution in [0.4, 0.5) is 5.69 Å². The van der Waals surface area contributed by atoms with Crippen LogP contribution in [0.2, 0.25) is 0 Å². The van der Waals surface area contributed by atoms with Gasteiger partial charge in [0.25, 0.3) is 0 Å². The van der Waals surface area contributed by atoms with Crippen molar-refractivity contribution in [1.29, 1.82) is 0 Å². The summed E-state index contributed by atoms with van der Waals surface area (Å²) in [4.78, 5) is 2.48. The summed E-state index contributed by atoms with van der Waals surface area (Å²) in [7, 11) is 0. The first-order chi connectivity index (χ1) is 21.9. The van der Waals surface area contributed by atoms with Gasteiger partial charge in [-0.2, -0.15) is 0 Å². The molecule has 240 valence electrons. The molecule has 0 radical (unpaired) electrons. The van der Waals surface area contributed by atoms with Crippen LogP contribution in [-0.4, -0.2) is 0 Å². The third-order valence-corrected chi connectivity index (χ3v) is 9.93. The lowest BCUT2D eigenvalue weighted by atomic mass is 9.76. The lowest BCUT2D eigenvalue weighted by Gasteiger charge is -2.52. The molecular weight excluding hydrogens is 542 g/mol. The Labute approximate surface area is 276 Å². The molecule has 1 aliphatic carbocycles. The van der Waals surface area contributed by atoms with Gasteiger partial charge in [0.1, 0.15) is 0 Å². The lowest BCUT2D eigenvalue weighted by molar-refractivity contribution is 0.341. The summed E-state index contributed by atoms with van der Waals surface area (Å²) in [5, 5.41) is 0. The van der Waals surface area contributed by atoms with Crippen LogP contribution in [0.5, 0.6) is 0 Å². The lowest BCUT2D eigenvalue weighted by Crippen LogP contribution is -2.47. The zero-order valence-corrected chi connectivity index (χ0v) is 29.2. The van der Waals surface area contributed by atoms with Crippen molar-refractivity contribution in [2.24, 2.45) is 17.8 Å². The number of hydrogen-bond donors (Lipinski definition) is 0. The van der Waals surface area contributed by atoms with Gasteiger partial charge in [-0.15, -0.1) is 0 Å². The number of hydrogen-bond acceptors (Lipinski definition) is 1. The minimum Gasteiger partial charge on any atom is -0.337 e. The fraction of sp³-hybridized carbons (Fsp3) is 0.455. The molecule has 0 spiro atoms. The fourth-order valence-electron chi connectivity index (χ4n) is 7.10. The molecule has 45 heavy (non-hydrogen) atoms. The van der Waals surface area contributed by atoms with E-state index in [0.717, 1.165) is 25.2 Å². The summed E-state index contributed by atoms with van der Waals surface area (Å²) in [6.07, 6.45) is 19.8. The highest BCUT2D eigenvalue weighted by atomic mass is 15.2. The molecule has 3 aromatic carbocycles. The van der Waals surface area contributed by atoms with Gasteiger partial charge in [0, 0.05) is 17.3 Å². The van der Waals surface area contributed by atoms with Crippen molar-refractivity contribution in [3.05, 3.63) is 131 Å². The van der Waals surface area contributed by atoms with Crippen molar-refractivity contribution in [3.8, 4) is 0 Å². The van der Waals surface area contributed by atoms with Gasteiger partial charge in [-0.1, -0.05) is 156 Å². The predicted octanol–water partition coefficient (Wildman–Crippen LogP) is 13.0. The van der Waals surface area contributed by atoms with E-state index < -0.39 is 0 Å². The molecule has 4 unspecified atom stereocenters. The molecule has 5 rings (SSSR count). The molecule has 0 saturated carbocycles. The van der Waals surface area contributed by atoms with E-state index in [2.05, 4.69) is 130 Å². The van der Waals surface area contributed by atoms with Crippen molar-refractivity contribution >= 4 is 11.3 Å². The van der Waals surface area contributed by atoms with E-state index in [4.69, 9.17) is 0 Å². The molecule has 0 aromatic heterocycles. The van der Waals surface area contributed by atoms with Gasteiger partial charge >= 0.3 is 0 Å². The molecule has 3 aromatic rings. The summed E-state index contributed by atoms with van der Waals surface area (Å²) >= 11 is 0. The maximum absolute atomic E-state index is 4.59. The van der Waals surface area contributed by atoms with E-state index in [9.17, 15) is 0 Å². The second kappa shape index (κ2) is 17.4. The van der Waals surface area contributed by atoms with E-state index in [-0.39, 0.29) is 0 Å². The van der Waals surface area contributed by atoms with Crippen LogP contribution < -0.4 is 4.90 Å². The second-order valence-electron chi connectivity index (χ2n) is 13.5. The van der Waals surface area contributed by atoms with Crippen LogP contribution in [0.3, 0.4) is 0 Å². The van der Waals surface area contributed by atoms with Crippen molar-refractivity contribution in [1.82, 2.24) is 0 Å². The third-order valence-electron chi connectivity index (χ3n) is 9.93. The SMILES string of the molecule is C=C1C(CCCc2ccc(C)cc2)C(c2ccc(C3=CC=CC(CCC(C)CCCCC)C3)cc2)N1c1ccc(C)cc1.CC. The maximum Gasteiger partial charge on any atom is 0.0670 e. The van der Waals surface area contributed by atoms with E-state index in [1.165, 1.54) is 89.7 Å². The Kier molecular flexibility index (Phi) is 13.4. The normalized spacial score (nSPS) is 19.8. The van der Waals surface area contributed by atoms with Gasteiger partial charge in [0.2, 0.25) is 0 Å². The zero-order valence-electron chi connectivity index (χ0n) is 29.2. The van der Waals surface area contributed by atoms with Crippen molar-refractivity contribution in [3.63, 3.8) is 0 Å². The first kappa shape index (κ1) is 34.6. The number of unbranched alkanes of at least 4 members (excludes halogenated alkanes) is 2. The monoisotopic (exact) mass is 601 g/mol. The van der Waals surface area contributed by atoms with Crippen LogP contribution in [0.25, 0.3) is 5.57 Å². The number of aryl methyl sites for hydroxylation is 3. The molecule has 1 aliphatic heterocycles. The van der Waals surface area contributed by atoms with E-state index in [1.54, 1.807) is 0 Å². The molecule has 1 saturated heterocycles. The van der Waals surface area contributed by atoms with Gasteiger partial charge in [0.05, 0.1) is 6.04 Å². The minimum absolute atomic E-state index is 0.337. The Hall–Kier alpha value is -3.32. The van der Waals surface area contributed by atoms with E-state index in [1.807, 2.05) is 13.8 Å². The highest BCUT2D eigenvalue weighted by Crippen LogP contribution is 2.51. The van der Waals surface area contributed by atoms with Gasteiger partial charge in [0.15, 0.2) is 0 Å². The molecule has 4 atom stereocenters. The molecule has 1 heterocycles. The summed E-state index contributed by atoms with van der Waals surface area (Å²) in [6.45, 7) is 17.7. The molecular formula is C44H59N. The number of benzene rings is 3. The first-order valence-electron chi connectivity index (χ1n) is 18.0. The third kappa shape index (κ3) is 9.35. The molecule has 2 aliphatic rings. The molecule has 0 bridgehead atoms. The van der Waals surface area contributed by atoms with Crippen LogP contribution in [0.15, 0.2) is 103 Å². The topological polar surface area (TPSA) is 3.24 Å². The molecule has 1 fully saturated rings. The summed E-state index contributed by atoms with van der Waals surface area (Å²) in [5.41, 5.74) is 10.8. The van der Waals surface area contributed by atoms with Crippen molar-refractivity contribution in [2.75, 3.05) is 4.90 Å². The Bertz CT molecular complexity index is 1370. The summed E-state index contributed by atoms with van der Waals surface area (Å²) in [5.74, 6) is 1.98. The molecule has 0 N–H and O–H groups in total. The highest BCUT2D eigenvalue weighted by Gasteiger charge is 2.43. The van der Waals surface area contributed by atoms with Crippen LogP contribution in [0.1, 0.15) is 119 Å². The summed E-state index contributed by atoms with van der Waals surface area (Å²) < 4.78 is 0. The predicted molar refractivity (Wildman–Crippen MR) is 199 cm³/mol. The molecule has 1 heteroatoms. The average molecular weight is 602 g/mol. The van der Waals surface area contributed by atoms with Crippen molar-refractivity contribution < 1.29 is 0 Å². The standard InChI is InChI=1S/C42H53N.C2H6/c1-6-7-8-11-31(2)18-23-36-13-9-14-39(30-36)37-24-26-38(27-25-37)42-41(15-10-12-35-21-16-32(3)17-22-35)34(5)43(42)40-28-19-33(4)20-29-40;1-2/h9,13-14,16-17,19-22,24-29,31,36,41-42H,5-8,10-12,15,18,23,30H2,1-4H3;1-2H3. The fourth-order valence-corrected chi connectivity index (χ4v) is 7.10. The maximum atomic E-state index is 4.59. The smallest absolute Gasteiger partial charge is 0.0670 e. The first-order valence-corrected chi connectivity index (χ1v) is 18.0. The second-order valence-corrected chi connectivity index (χ2v) is 13.5. The highest BCUT2D eigenvalue weighted by molar-refractivity contribution is 5.69. The van der Waals surface area contributed by atoms with Crippen LogP contribution >= 0.6 is 0 Å². The van der Waals surface area contributed by atoms with Crippen LogP contribution in [0, 0.1) is 31.6 Å². The van der Waals surface area contributed by atoms with E-state index >= 15 is 0 Å². The minimum atomic E-state index is 0.337. The number of allylic oxidation sites excluding steroid dienone is 4. The van der Waals surface area contributed by atoms with Crippen LogP contribution in [-0.2, 0) is 6.42 Å². The average Bonchev–Trinajstić information content (AvgIpc) is 3.07. The molecule has 1 nitrogen and oxygen atoms in total. The number of anilines is 1. The van der Waals surface area contributed by atoms with E-state index in [0.29, 0.717) is 17.9 Å². The van der Waals surface area contributed by atoms with Crippen molar-refractivity contribution in [2.45, 2.75) is 112 Å². The Morgan fingerprint density at radius 2 is 1.47 bits per heavy atom. The van der Waals surface area contributed by atoms with Gasteiger partial charge in [-0.3, -0.25) is 0 Å². The van der Waals surface area contributed by atoms with Gasteiger partial charge in [-0.05, 0) is 92.2 Å². The summed E-state index contributed by atoms with van der Waals surface area (Å²) in [6, 6.07) is 27.9. The quantitative estimate of drug-likeness (QED) is 0.166. The number of rotatable bonds is 14. The largest absolute Gasteiger partial charge is 0.337 e. The Balaban J connectivity index is 0.00000226. The Morgan fingerprint density at radius 1 is 0.800 bits per heavy atom. The number of nitrogens with zero attached hydrogens (tertiary/aromatic N) is 1. The van der Waals surface area contributed by atoms with Gasteiger partial charge < -0.3 is 4.90 Å². The Morgan fingerprint density at radius 3 is 2.13 bits per heavy atom. The zero-order chi connectivity index (χ0) is 32.2.